The highest BCUT2D eigenvalue weighted by molar-refractivity contribution is 5.90. The Labute approximate surface area is 148 Å². The van der Waals surface area contributed by atoms with Crippen LogP contribution in [0.15, 0.2) is 18.2 Å². The van der Waals surface area contributed by atoms with Crippen molar-refractivity contribution in [1.82, 2.24) is 0 Å². The summed E-state index contributed by atoms with van der Waals surface area (Å²) >= 11 is 0. The van der Waals surface area contributed by atoms with Gasteiger partial charge in [-0.3, -0.25) is 0 Å². The van der Waals surface area contributed by atoms with Gasteiger partial charge in [0.1, 0.15) is 0 Å². The third-order valence-electron chi connectivity index (χ3n) is 4.25. The molecule has 3 rings (SSSR count). The number of carbonyl (C=O) groups is 1. The average molecular weight is 350 g/mol. The highest BCUT2D eigenvalue weighted by atomic mass is 16.7. The van der Waals surface area contributed by atoms with E-state index in [9.17, 15) is 4.79 Å². The Bertz CT molecular complexity index is 561. The van der Waals surface area contributed by atoms with Crippen LogP contribution in [0.5, 0.6) is 11.5 Å². The minimum Gasteiger partial charge on any atom is -0.462 e. The lowest BCUT2D eigenvalue weighted by molar-refractivity contribution is -0.119. The number of hydrogen-bond donors (Lipinski definition) is 0. The molecule has 0 unspecified atom stereocenters. The van der Waals surface area contributed by atoms with E-state index >= 15 is 0 Å². The quantitative estimate of drug-likeness (QED) is 0.730. The minimum absolute atomic E-state index is 0.281. The molecule has 0 aliphatic carbocycles. The second kappa shape index (κ2) is 9.06. The molecule has 138 valence electrons. The van der Waals surface area contributed by atoms with Crippen LogP contribution in [0, 0.1) is 0 Å². The molecule has 6 heteroatoms. The van der Waals surface area contributed by atoms with Gasteiger partial charge in [-0.05, 0) is 50.8 Å². The van der Waals surface area contributed by atoms with Crippen molar-refractivity contribution in [2.24, 2.45) is 0 Å². The lowest BCUT2D eigenvalue weighted by Crippen LogP contribution is -2.27. The van der Waals surface area contributed by atoms with Crippen LogP contribution < -0.4 is 9.47 Å². The summed E-state index contributed by atoms with van der Waals surface area (Å²) < 4.78 is 28.3. The zero-order chi connectivity index (χ0) is 17.5. The fourth-order valence-electron chi connectivity index (χ4n) is 2.93. The van der Waals surface area contributed by atoms with Gasteiger partial charge < -0.3 is 23.7 Å². The average Bonchev–Trinajstić information content (AvgIpc) is 2.65. The first-order chi connectivity index (χ1) is 12.3. The van der Waals surface area contributed by atoms with Gasteiger partial charge in [-0.25, -0.2) is 4.79 Å². The first kappa shape index (κ1) is 18.0. The Hall–Kier alpha value is -1.79. The van der Waals surface area contributed by atoms with E-state index in [2.05, 4.69) is 0 Å². The SMILES string of the molecule is CCOC(=O)c1ccc(O[C@H]2CCCCO2)c(O[C@H]2CCCCO2)c1. The molecule has 2 heterocycles. The van der Waals surface area contributed by atoms with E-state index in [1.54, 1.807) is 25.1 Å². The molecule has 1 aromatic rings. The molecule has 0 bridgehead atoms. The van der Waals surface area contributed by atoms with E-state index in [1.807, 2.05) is 0 Å². The summed E-state index contributed by atoms with van der Waals surface area (Å²) in [5, 5.41) is 0. The maximum Gasteiger partial charge on any atom is 0.338 e. The van der Waals surface area contributed by atoms with Crippen molar-refractivity contribution in [2.75, 3.05) is 19.8 Å². The van der Waals surface area contributed by atoms with Crippen LogP contribution in [0.2, 0.25) is 0 Å². The van der Waals surface area contributed by atoms with Crippen LogP contribution in [0.3, 0.4) is 0 Å². The number of rotatable bonds is 6. The third kappa shape index (κ3) is 5.09. The van der Waals surface area contributed by atoms with Gasteiger partial charge in [-0.2, -0.15) is 0 Å². The van der Waals surface area contributed by atoms with Crippen LogP contribution in [-0.4, -0.2) is 38.4 Å². The molecule has 6 nitrogen and oxygen atoms in total. The second-order valence-electron chi connectivity index (χ2n) is 6.21. The van der Waals surface area contributed by atoms with Gasteiger partial charge in [-0.15, -0.1) is 0 Å². The van der Waals surface area contributed by atoms with Gasteiger partial charge in [0, 0.05) is 12.8 Å². The van der Waals surface area contributed by atoms with Gasteiger partial charge in [-0.1, -0.05) is 0 Å². The first-order valence-electron chi connectivity index (χ1n) is 9.14. The summed E-state index contributed by atoms with van der Waals surface area (Å²) in [6, 6.07) is 5.08. The smallest absolute Gasteiger partial charge is 0.338 e. The number of esters is 1. The number of ether oxygens (including phenoxy) is 5. The predicted octanol–water partition coefficient (Wildman–Crippen LogP) is 3.67. The topological polar surface area (TPSA) is 63.2 Å². The fraction of sp³-hybridized carbons (Fsp3) is 0.632. The van der Waals surface area contributed by atoms with Crippen LogP contribution in [0.4, 0.5) is 0 Å². The molecule has 2 saturated heterocycles. The van der Waals surface area contributed by atoms with Crippen molar-refractivity contribution < 1.29 is 28.5 Å². The highest BCUT2D eigenvalue weighted by Gasteiger charge is 2.22. The maximum absolute atomic E-state index is 12.0. The Balaban J connectivity index is 1.77. The number of benzene rings is 1. The van der Waals surface area contributed by atoms with Crippen LogP contribution in [-0.2, 0) is 14.2 Å². The van der Waals surface area contributed by atoms with Crippen molar-refractivity contribution in [3.63, 3.8) is 0 Å². The van der Waals surface area contributed by atoms with Gasteiger partial charge in [0.25, 0.3) is 0 Å². The first-order valence-corrected chi connectivity index (χ1v) is 9.14. The predicted molar refractivity (Wildman–Crippen MR) is 90.8 cm³/mol. The molecule has 2 aliphatic rings. The van der Waals surface area contributed by atoms with Gasteiger partial charge in [0.15, 0.2) is 24.1 Å². The van der Waals surface area contributed by atoms with E-state index in [4.69, 9.17) is 23.7 Å². The molecule has 0 amide bonds. The number of carbonyl (C=O) groups excluding carboxylic acids is 1. The summed E-state index contributed by atoms with van der Waals surface area (Å²) in [5.74, 6) is 0.679. The van der Waals surface area contributed by atoms with E-state index < -0.39 is 0 Å². The van der Waals surface area contributed by atoms with E-state index in [1.165, 1.54) is 0 Å². The summed E-state index contributed by atoms with van der Waals surface area (Å²) in [5.41, 5.74) is 0.435. The Morgan fingerprint density at radius 2 is 1.64 bits per heavy atom. The second-order valence-corrected chi connectivity index (χ2v) is 6.21. The lowest BCUT2D eigenvalue weighted by atomic mass is 10.1. The van der Waals surface area contributed by atoms with Crippen LogP contribution in [0.1, 0.15) is 55.8 Å². The standard InChI is InChI=1S/C19H26O6/c1-2-21-19(20)14-9-10-15(24-17-7-3-5-11-22-17)16(13-14)25-18-8-4-6-12-23-18/h9-10,13,17-18H,2-8,11-12H2,1H3/t17-,18-/m0/s1. The maximum atomic E-state index is 12.0. The Morgan fingerprint density at radius 1 is 1.00 bits per heavy atom. The van der Waals surface area contributed by atoms with Crippen molar-refractivity contribution in [2.45, 2.75) is 58.0 Å². The molecule has 2 fully saturated rings. The largest absolute Gasteiger partial charge is 0.462 e. The van der Waals surface area contributed by atoms with Gasteiger partial charge in [0.05, 0.1) is 25.4 Å². The molecule has 0 N–H and O–H groups in total. The van der Waals surface area contributed by atoms with Gasteiger partial charge in [0.2, 0.25) is 0 Å². The van der Waals surface area contributed by atoms with Crippen LogP contribution >= 0.6 is 0 Å². The molecule has 0 radical (unpaired) electrons. The molecule has 2 atom stereocenters. The lowest BCUT2D eigenvalue weighted by Gasteiger charge is -2.27. The van der Waals surface area contributed by atoms with Crippen molar-refractivity contribution in [3.05, 3.63) is 23.8 Å². The van der Waals surface area contributed by atoms with E-state index in [0.29, 0.717) is 36.9 Å². The van der Waals surface area contributed by atoms with E-state index in [-0.39, 0.29) is 18.5 Å². The summed E-state index contributed by atoms with van der Waals surface area (Å²) in [6.07, 6.45) is 5.31. The molecular formula is C19H26O6. The van der Waals surface area contributed by atoms with Crippen molar-refractivity contribution in [3.8, 4) is 11.5 Å². The molecule has 0 aromatic heterocycles. The molecule has 25 heavy (non-hydrogen) atoms. The normalized spacial score (nSPS) is 23.7. The molecular weight excluding hydrogens is 324 g/mol. The van der Waals surface area contributed by atoms with Crippen molar-refractivity contribution >= 4 is 5.97 Å². The van der Waals surface area contributed by atoms with E-state index in [0.717, 1.165) is 38.5 Å². The molecule has 0 spiro atoms. The van der Waals surface area contributed by atoms with Crippen molar-refractivity contribution in [1.29, 1.82) is 0 Å². The molecule has 0 saturated carbocycles. The molecule has 1 aromatic carbocycles. The van der Waals surface area contributed by atoms with Gasteiger partial charge >= 0.3 is 5.97 Å². The zero-order valence-electron chi connectivity index (χ0n) is 14.7. The zero-order valence-corrected chi connectivity index (χ0v) is 14.7. The Morgan fingerprint density at radius 3 is 2.20 bits per heavy atom. The van der Waals surface area contributed by atoms with Crippen LogP contribution in [0.25, 0.3) is 0 Å². The monoisotopic (exact) mass is 350 g/mol. The minimum atomic E-state index is -0.377. The summed E-state index contributed by atoms with van der Waals surface area (Å²) in [4.78, 5) is 12.0. The Kier molecular flexibility index (Phi) is 6.53. The summed E-state index contributed by atoms with van der Waals surface area (Å²) in [6.45, 7) is 3.50. The molecule has 2 aliphatic heterocycles. The summed E-state index contributed by atoms with van der Waals surface area (Å²) in [7, 11) is 0. The highest BCUT2D eigenvalue weighted by Crippen LogP contribution is 2.33. The number of hydrogen-bond acceptors (Lipinski definition) is 6. The third-order valence-corrected chi connectivity index (χ3v) is 4.25. The fourth-order valence-corrected chi connectivity index (χ4v) is 2.93.